The first-order valence-corrected chi connectivity index (χ1v) is 4.20. The van der Waals surface area contributed by atoms with Crippen LogP contribution in [0.15, 0.2) is 10.6 Å². The zero-order valence-electron chi connectivity index (χ0n) is 6.50. The van der Waals surface area contributed by atoms with Crippen molar-refractivity contribution in [3.05, 3.63) is 17.5 Å². The highest BCUT2D eigenvalue weighted by Gasteiger charge is 1.97. The van der Waals surface area contributed by atoms with Crippen LogP contribution in [-0.4, -0.2) is 17.6 Å². The van der Waals surface area contributed by atoms with Crippen molar-refractivity contribution < 1.29 is 4.52 Å². The molecule has 1 N–H and O–H groups in total. The summed E-state index contributed by atoms with van der Waals surface area (Å²) in [7, 11) is 0. The van der Waals surface area contributed by atoms with Crippen LogP contribution in [0, 0.1) is 6.92 Å². The average molecular weight is 172 g/mol. The monoisotopic (exact) mass is 172 g/mol. The van der Waals surface area contributed by atoms with E-state index in [0.717, 1.165) is 24.4 Å². The number of hydrogen-bond donors (Lipinski definition) is 2. The van der Waals surface area contributed by atoms with E-state index in [9.17, 15) is 0 Å². The Labute approximate surface area is 71.6 Å². The van der Waals surface area contributed by atoms with Gasteiger partial charge in [-0.2, -0.15) is 12.6 Å². The Morgan fingerprint density at radius 2 is 2.55 bits per heavy atom. The number of aryl methyl sites for hydroxylation is 1. The lowest BCUT2D eigenvalue weighted by Crippen LogP contribution is -2.14. The van der Waals surface area contributed by atoms with Crippen molar-refractivity contribution in [3.8, 4) is 0 Å². The molecule has 0 aliphatic carbocycles. The zero-order chi connectivity index (χ0) is 8.10. The van der Waals surface area contributed by atoms with E-state index in [1.54, 1.807) is 0 Å². The third-order valence-electron chi connectivity index (χ3n) is 1.35. The smallest absolute Gasteiger partial charge is 0.133 e. The molecule has 0 saturated carbocycles. The van der Waals surface area contributed by atoms with Gasteiger partial charge in [0.1, 0.15) is 5.76 Å². The normalized spacial score (nSPS) is 10.4. The first-order chi connectivity index (χ1) is 5.33. The van der Waals surface area contributed by atoms with E-state index in [1.807, 2.05) is 13.0 Å². The fourth-order valence-corrected chi connectivity index (χ4v) is 0.989. The second kappa shape index (κ2) is 4.41. The van der Waals surface area contributed by atoms with Crippen LogP contribution in [0.2, 0.25) is 0 Å². The van der Waals surface area contributed by atoms with Gasteiger partial charge >= 0.3 is 0 Å². The van der Waals surface area contributed by atoms with Crippen LogP contribution in [0.3, 0.4) is 0 Å². The van der Waals surface area contributed by atoms with Crippen molar-refractivity contribution >= 4 is 12.6 Å². The molecule has 0 atom stereocenters. The van der Waals surface area contributed by atoms with Gasteiger partial charge < -0.3 is 9.84 Å². The molecule has 0 amide bonds. The Kier molecular flexibility index (Phi) is 3.45. The molecule has 0 aliphatic rings. The minimum atomic E-state index is 0.705. The number of hydrogen-bond acceptors (Lipinski definition) is 4. The van der Waals surface area contributed by atoms with E-state index >= 15 is 0 Å². The molecule has 0 unspecified atom stereocenters. The van der Waals surface area contributed by atoms with Gasteiger partial charge in [0, 0.05) is 24.9 Å². The maximum atomic E-state index is 4.90. The van der Waals surface area contributed by atoms with Crippen LogP contribution in [0.4, 0.5) is 0 Å². The van der Waals surface area contributed by atoms with Crippen LogP contribution in [0.25, 0.3) is 0 Å². The maximum Gasteiger partial charge on any atom is 0.133 e. The molecule has 0 fully saturated rings. The highest BCUT2D eigenvalue weighted by Crippen LogP contribution is 2.00. The molecule has 62 valence electrons. The molecule has 1 aromatic heterocycles. The van der Waals surface area contributed by atoms with E-state index in [1.165, 1.54) is 0 Å². The summed E-state index contributed by atoms with van der Waals surface area (Å²) in [5.74, 6) is 1.57. The Hall–Kier alpha value is -0.480. The summed E-state index contributed by atoms with van der Waals surface area (Å²) in [5.41, 5.74) is 0.997. The van der Waals surface area contributed by atoms with Gasteiger partial charge in [-0.1, -0.05) is 5.16 Å². The summed E-state index contributed by atoms with van der Waals surface area (Å²) in [6.07, 6.45) is 0.901. The molecule has 1 aromatic rings. The molecule has 11 heavy (non-hydrogen) atoms. The minimum absolute atomic E-state index is 0.705. The number of nitrogens with one attached hydrogen (secondary N) is 1. The second-order valence-electron chi connectivity index (χ2n) is 2.34. The first-order valence-electron chi connectivity index (χ1n) is 3.56. The number of rotatable bonds is 4. The van der Waals surface area contributed by atoms with E-state index in [-0.39, 0.29) is 0 Å². The first kappa shape index (κ1) is 8.62. The molecule has 0 radical (unpaired) electrons. The Morgan fingerprint density at radius 1 is 1.73 bits per heavy atom. The van der Waals surface area contributed by atoms with E-state index in [4.69, 9.17) is 4.52 Å². The van der Waals surface area contributed by atoms with E-state index in [2.05, 4.69) is 23.1 Å². The van der Waals surface area contributed by atoms with Crippen molar-refractivity contribution in [1.82, 2.24) is 10.5 Å². The fourth-order valence-electron chi connectivity index (χ4n) is 0.831. The SMILES string of the molecule is Cc1cc(CCNCS)no1. The van der Waals surface area contributed by atoms with E-state index < -0.39 is 0 Å². The molecule has 1 heterocycles. The predicted molar refractivity (Wildman–Crippen MR) is 46.8 cm³/mol. The molecular weight excluding hydrogens is 160 g/mol. The largest absolute Gasteiger partial charge is 0.361 e. The third kappa shape index (κ3) is 2.95. The van der Waals surface area contributed by atoms with Crippen LogP contribution in [0.1, 0.15) is 11.5 Å². The number of thiol groups is 1. The quantitative estimate of drug-likeness (QED) is 0.404. The molecule has 3 nitrogen and oxygen atoms in total. The van der Waals surface area contributed by atoms with Gasteiger partial charge in [0.25, 0.3) is 0 Å². The summed E-state index contributed by atoms with van der Waals surface area (Å²) in [5, 5.41) is 6.94. The molecule has 0 aromatic carbocycles. The van der Waals surface area contributed by atoms with Crippen molar-refractivity contribution in [2.24, 2.45) is 0 Å². The number of nitrogens with zero attached hydrogens (tertiary/aromatic N) is 1. The Morgan fingerprint density at radius 3 is 3.09 bits per heavy atom. The standard InChI is InChI=1S/C7H12N2OS/c1-6-4-7(9-10-6)2-3-8-5-11/h4,8,11H,2-3,5H2,1H3. The molecule has 4 heteroatoms. The Balaban J connectivity index is 2.27. The van der Waals surface area contributed by atoms with Gasteiger partial charge in [-0.05, 0) is 6.92 Å². The third-order valence-corrected chi connectivity index (χ3v) is 1.57. The zero-order valence-corrected chi connectivity index (χ0v) is 7.40. The van der Waals surface area contributed by atoms with Crippen LogP contribution >= 0.6 is 12.6 Å². The van der Waals surface area contributed by atoms with Gasteiger partial charge in [0.05, 0.1) is 5.69 Å². The maximum absolute atomic E-state index is 4.90. The van der Waals surface area contributed by atoms with Crippen LogP contribution in [-0.2, 0) is 6.42 Å². The lowest BCUT2D eigenvalue weighted by molar-refractivity contribution is 0.390. The molecular formula is C7H12N2OS. The molecule has 0 bridgehead atoms. The van der Waals surface area contributed by atoms with Gasteiger partial charge in [0.15, 0.2) is 0 Å². The molecule has 0 aliphatic heterocycles. The van der Waals surface area contributed by atoms with Gasteiger partial charge in [-0.3, -0.25) is 0 Å². The topological polar surface area (TPSA) is 38.1 Å². The van der Waals surface area contributed by atoms with Gasteiger partial charge in [-0.25, -0.2) is 0 Å². The average Bonchev–Trinajstić information content (AvgIpc) is 2.37. The summed E-state index contributed by atoms with van der Waals surface area (Å²) < 4.78 is 4.90. The summed E-state index contributed by atoms with van der Waals surface area (Å²) in [6, 6.07) is 1.94. The summed E-state index contributed by atoms with van der Waals surface area (Å²) in [4.78, 5) is 0. The van der Waals surface area contributed by atoms with Crippen LogP contribution in [0.5, 0.6) is 0 Å². The molecule has 0 saturated heterocycles. The number of aromatic nitrogens is 1. The summed E-state index contributed by atoms with van der Waals surface area (Å²) in [6.45, 7) is 2.79. The highest BCUT2D eigenvalue weighted by molar-refractivity contribution is 7.80. The minimum Gasteiger partial charge on any atom is -0.361 e. The molecule has 0 spiro atoms. The predicted octanol–water partition coefficient (Wildman–Crippen LogP) is 1.00. The highest BCUT2D eigenvalue weighted by atomic mass is 32.1. The van der Waals surface area contributed by atoms with Crippen molar-refractivity contribution in [3.63, 3.8) is 0 Å². The second-order valence-corrected chi connectivity index (χ2v) is 2.65. The summed E-state index contributed by atoms with van der Waals surface area (Å²) >= 11 is 4.02. The van der Waals surface area contributed by atoms with Crippen molar-refractivity contribution in [2.75, 3.05) is 12.4 Å². The van der Waals surface area contributed by atoms with Gasteiger partial charge in [0.2, 0.25) is 0 Å². The Bertz CT molecular complexity index is 212. The lowest BCUT2D eigenvalue weighted by Gasteiger charge is -1.95. The van der Waals surface area contributed by atoms with Crippen LogP contribution < -0.4 is 5.32 Å². The van der Waals surface area contributed by atoms with E-state index in [0.29, 0.717) is 5.88 Å². The molecule has 1 rings (SSSR count). The van der Waals surface area contributed by atoms with Gasteiger partial charge in [-0.15, -0.1) is 0 Å². The van der Waals surface area contributed by atoms with Crippen molar-refractivity contribution in [2.45, 2.75) is 13.3 Å². The van der Waals surface area contributed by atoms with Crippen molar-refractivity contribution in [1.29, 1.82) is 0 Å². The fraction of sp³-hybridized carbons (Fsp3) is 0.571. The lowest BCUT2D eigenvalue weighted by atomic mass is 10.3.